The first kappa shape index (κ1) is 29.8. The van der Waals surface area contributed by atoms with Crippen LogP contribution in [0.2, 0.25) is 0 Å². The predicted molar refractivity (Wildman–Crippen MR) is 181 cm³/mol. The van der Waals surface area contributed by atoms with E-state index in [1.807, 2.05) is 45.3 Å². The highest BCUT2D eigenvalue weighted by atomic mass is 16.1. The molecule has 0 spiro atoms. The van der Waals surface area contributed by atoms with E-state index in [1.54, 1.807) is 6.20 Å². The van der Waals surface area contributed by atoms with Crippen molar-refractivity contribution in [1.29, 1.82) is 0 Å². The Kier molecular flexibility index (Phi) is 8.78. The molecule has 4 N–H and O–H groups in total. The molecule has 222 valence electrons. The van der Waals surface area contributed by atoms with Gasteiger partial charge in [0.1, 0.15) is 5.65 Å². The van der Waals surface area contributed by atoms with Crippen molar-refractivity contribution in [3.63, 3.8) is 0 Å². The van der Waals surface area contributed by atoms with Gasteiger partial charge < -0.3 is 25.8 Å². The van der Waals surface area contributed by atoms with Gasteiger partial charge in [0.15, 0.2) is 0 Å². The van der Waals surface area contributed by atoms with Crippen molar-refractivity contribution in [2.75, 3.05) is 43.4 Å². The number of nitrogens with two attached hydrogens (primary N) is 1. The van der Waals surface area contributed by atoms with Crippen LogP contribution >= 0.6 is 0 Å². The minimum Gasteiger partial charge on any atom is -0.404 e. The minimum absolute atomic E-state index is 0.145. The number of H-pyrrole nitrogens is 1. The lowest BCUT2D eigenvalue weighted by Crippen LogP contribution is -2.44. The number of amides is 1. The van der Waals surface area contributed by atoms with E-state index in [-0.39, 0.29) is 11.9 Å². The van der Waals surface area contributed by atoms with E-state index in [2.05, 4.69) is 76.0 Å². The van der Waals surface area contributed by atoms with Crippen molar-refractivity contribution < 1.29 is 4.79 Å². The highest BCUT2D eigenvalue weighted by molar-refractivity contribution is 6.13. The number of fused-ring (bicyclic) bond motifs is 1. The lowest BCUT2D eigenvalue weighted by Gasteiger charge is -2.34. The number of piperazine rings is 1. The molecule has 43 heavy (non-hydrogen) atoms. The van der Waals surface area contributed by atoms with Crippen molar-refractivity contribution in [3.8, 4) is 22.4 Å². The number of aromatic nitrogens is 2. The molecule has 0 unspecified atom stereocenters. The van der Waals surface area contributed by atoms with Gasteiger partial charge in [0.05, 0.1) is 5.69 Å². The first-order chi connectivity index (χ1) is 20.7. The number of likely N-dealkylation sites (N-methyl/N-ethyl adjacent to an activating group) is 1. The Bertz CT molecular complexity index is 1700. The Labute approximate surface area is 254 Å². The maximum Gasteiger partial charge on any atom is 0.247 e. The molecule has 0 bridgehead atoms. The fraction of sp³-hybridized carbons (Fsp3) is 0.286. The van der Waals surface area contributed by atoms with Gasteiger partial charge in [-0.1, -0.05) is 30.8 Å². The Morgan fingerprint density at radius 3 is 2.44 bits per heavy atom. The van der Waals surface area contributed by atoms with E-state index in [9.17, 15) is 4.79 Å². The van der Waals surface area contributed by atoms with Crippen molar-refractivity contribution in [2.24, 2.45) is 10.7 Å². The van der Waals surface area contributed by atoms with Crippen LogP contribution in [0.15, 0.2) is 72.5 Å². The summed E-state index contributed by atoms with van der Waals surface area (Å²) in [7, 11) is 2.17. The summed E-state index contributed by atoms with van der Waals surface area (Å²) in [6, 6.07) is 15.0. The third-order valence-electron chi connectivity index (χ3n) is 8.08. The number of rotatable bonds is 8. The molecule has 1 fully saturated rings. The number of benzene rings is 2. The highest BCUT2D eigenvalue weighted by Gasteiger charge is 2.22. The molecular formula is C35H41N7O. The zero-order valence-electron chi connectivity index (χ0n) is 25.7. The van der Waals surface area contributed by atoms with Gasteiger partial charge in [0.2, 0.25) is 5.91 Å². The monoisotopic (exact) mass is 575 g/mol. The largest absolute Gasteiger partial charge is 0.404 e. The standard InChI is InChI=1S/C35H41N7O/c1-7-31(43)39-30-18-26(9-8-23(30)4)33-32-24(5)29(27(19-36)20-37-22(2)3)21-38-35(32)40-34(33)25-10-12-28(13-11-25)42-16-14-41(6)15-17-42/h7-13,18-22H,1,14-17,36H2,2-6H3,(H,38,40)(H,39,43)/b27-19+,37-20?. The minimum atomic E-state index is -0.249. The zero-order chi connectivity index (χ0) is 30.7. The number of nitrogens with zero attached hydrogens (tertiary/aromatic N) is 4. The molecule has 0 saturated carbocycles. The molecule has 1 aliphatic heterocycles. The number of aliphatic imine (C=N–C) groups is 1. The van der Waals surface area contributed by atoms with Crippen LogP contribution in [0.3, 0.4) is 0 Å². The summed E-state index contributed by atoms with van der Waals surface area (Å²) < 4.78 is 0. The molecule has 1 aliphatic rings. The SMILES string of the molecule is C=CC(=O)Nc1cc(-c2c(-c3ccc(N4CCN(C)CC4)cc3)[nH]c3ncc(/C(C=NC(C)C)=C/N)c(C)c23)ccc1C. The number of anilines is 2. The maximum atomic E-state index is 12.2. The Morgan fingerprint density at radius 1 is 1.09 bits per heavy atom. The van der Waals surface area contributed by atoms with Crippen LogP contribution in [0, 0.1) is 13.8 Å². The number of aryl methyl sites for hydroxylation is 2. The van der Waals surface area contributed by atoms with Crippen LogP contribution < -0.4 is 16.0 Å². The lowest BCUT2D eigenvalue weighted by molar-refractivity contribution is -0.111. The van der Waals surface area contributed by atoms with Crippen molar-refractivity contribution >= 4 is 40.1 Å². The van der Waals surface area contributed by atoms with Crippen LogP contribution in [0.4, 0.5) is 11.4 Å². The molecule has 8 nitrogen and oxygen atoms in total. The summed E-state index contributed by atoms with van der Waals surface area (Å²) in [5, 5.41) is 3.96. The zero-order valence-corrected chi connectivity index (χ0v) is 25.7. The number of pyridine rings is 1. The molecule has 8 heteroatoms. The summed E-state index contributed by atoms with van der Waals surface area (Å²) in [6.07, 6.45) is 6.54. The number of hydrogen-bond donors (Lipinski definition) is 3. The summed E-state index contributed by atoms with van der Waals surface area (Å²) in [5.41, 5.74) is 16.6. The van der Waals surface area contributed by atoms with Gasteiger partial charge in [-0.15, -0.1) is 0 Å². The van der Waals surface area contributed by atoms with E-state index >= 15 is 0 Å². The number of allylic oxidation sites excluding steroid dienone is 1. The maximum absolute atomic E-state index is 12.2. The van der Waals surface area contributed by atoms with Gasteiger partial charge in [-0.05, 0) is 81.3 Å². The topological polar surface area (TPSA) is 103 Å². The van der Waals surface area contributed by atoms with Crippen LogP contribution in [0.1, 0.15) is 30.5 Å². The number of carbonyl (C=O) groups is 1. The van der Waals surface area contributed by atoms with Crippen LogP contribution in [-0.4, -0.2) is 66.3 Å². The van der Waals surface area contributed by atoms with Crippen molar-refractivity contribution in [2.45, 2.75) is 33.7 Å². The molecule has 2 aromatic carbocycles. The number of nitrogens with one attached hydrogen (secondary N) is 2. The second-order valence-corrected chi connectivity index (χ2v) is 11.4. The normalized spacial score (nSPS) is 14.7. The highest BCUT2D eigenvalue weighted by Crippen LogP contribution is 2.42. The Balaban J connectivity index is 1.69. The van der Waals surface area contributed by atoms with Gasteiger partial charge in [-0.3, -0.25) is 9.79 Å². The van der Waals surface area contributed by atoms with Crippen molar-refractivity contribution in [1.82, 2.24) is 14.9 Å². The predicted octanol–water partition coefficient (Wildman–Crippen LogP) is 6.17. The summed E-state index contributed by atoms with van der Waals surface area (Å²) in [6.45, 7) is 15.9. The second kappa shape index (κ2) is 12.7. The molecule has 1 amide bonds. The molecule has 4 aromatic rings. The van der Waals surface area contributed by atoms with Gasteiger partial charge in [-0.25, -0.2) is 4.98 Å². The average molecular weight is 576 g/mol. The van der Waals surface area contributed by atoms with E-state index in [0.29, 0.717) is 0 Å². The third-order valence-corrected chi connectivity index (χ3v) is 8.08. The van der Waals surface area contributed by atoms with Gasteiger partial charge in [-0.2, -0.15) is 0 Å². The number of hydrogen-bond acceptors (Lipinski definition) is 6. The van der Waals surface area contributed by atoms with E-state index in [0.717, 1.165) is 87.5 Å². The average Bonchev–Trinajstić information content (AvgIpc) is 3.40. The first-order valence-corrected chi connectivity index (χ1v) is 14.7. The van der Waals surface area contributed by atoms with Crippen LogP contribution in [-0.2, 0) is 4.79 Å². The van der Waals surface area contributed by atoms with E-state index in [1.165, 1.54) is 11.8 Å². The van der Waals surface area contributed by atoms with Crippen LogP contribution in [0.5, 0.6) is 0 Å². The lowest BCUT2D eigenvalue weighted by atomic mass is 9.93. The number of carbonyl (C=O) groups excluding carboxylic acids is 1. The fourth-order valence-electron chi connectivity index (χ4n) is 5.54. The molecule has 0 radical (unpaired) electrons. The quantitative estimate of drug-likeness (QED) is 0.172. The summed E-state index contributed by atoms with van der Waals surface area (Å²) in [4.78, 5) is 30.1. The molecule has 0 aliphatic carbocycles. The summed E-state index contributed by atoms with van der Waals surface area (Å²) in [5.74, 6) is -0.249. The summed E-state index contributed by atoms with van der Waals surface area (Å²) >= 11 is 0. The van der Waals surface area contributed by atoms with Gasteiger partial charge in [0, 0.05) is 84.3 Å². The van der Waals surface area contributed by atoms with E-state index < -0.39 is 0 Å². The van der Waals surface area contributed by atoms with Crippen molar-refractivity contribution in [3.05, 3.63) is 84.2 Å². The molecule has 5 rings (SSSR count). The fourth-order valence-corrected chi connectivity index (χ4v) is 5.54. The first-order valence-electron chi connectivity index (χ1n) is 14.7. The molecule has 2 aromatic heterocycles. The second-order valence-electron chi connectivity index (χ2n) is 11.4. The van der Waals surface area contributed by atoms with E-state index in [4.69, 9.17) is 10.7 Å². The third kappa shape index (κ3) is 6.24. The van der Waals surface area contributed by atoms with Gasteiger partial charge >= 0.3 is 0 Å². The number of aromatic amines is 1. The van der Waals surface area contributed by atoms with Gasteiger partial charge in [0.25, 0.3) is 0 Å². The Morgan fingerprint density at radius 2 is 1.79 bits per heavy atom. The molecule has 0 atom stereocenters. The molecule has 3 heterocycles. The molecular weight excluding hydrogens is 534 g/mol. The Hall–Kier alpha value is -4.69. The van der Waals surface area contributed by atoms with Crippen LogP contribution in [0.25, 0.3) is 39.0 Å². The smallest absolute Gasteiger partial charge is 0.247 e. The molecule has 1 saturated heterocycles.